The molecule has 10 heteroatoms. The molecule has 0 radical (unpaired) electrons. The second-order valence-electron chi connectivity index (χ2n) is 9.78. The fourth-order valence-corrected chi connectivity index (χ4v) is 4.99. The van der Waals surface area contributed by atoms with Gasteiger partial charge in [-0.1, -0.05) is 0 Å². The van der Waals surface area contributed by atoms with Crippen LogP contribution in [-0.4, -0.2) is 62.5 Å². The third kappa shape index (κ3) is 5.22. The van der Waals surface area contributed by atoms with E-state index in [-0.39, 0.29) is 23.3 Å². The van der Waals surface area contributed by atoms with Crippen LogP contribution in [0.25, 0.3) is 0 Å². The van der Waals surface area contributed by atoms with E-state index in [1.54, 1.807) is 0 Å². The Bertz CT molecular complexity index is 937. The van der Waals surface area contributed by atoms with Crippen LogP contribution < -0.4 is 4.90 Å². The number of hydrogen-bond acceptors (Lipinski definition) is 7. The number of esters is 1. The predicted molar refractivity (Wildman–Crippen MR) is 130 cm³/mol. The van der Waals surface area contributed by atoms with Crippen molar-refractivity contribution in [1.29, 1.82) is 0 Å². The highest BCUT2D eigenvalue weighted by Crippen LogP contribution is 2.42. The van der Waals surface area contributed by atoms with Crippen molar-refractivity contribution in [2.75, 3.05) is 24.6 Å². The third-order valence-electron chi connectivity index (χ3n) is 5.79. The predicted octanol–water partition coefficient (Wildman–Crippen LogP) is 4.02. The lowest BCUT2D eigenvalue weighted by molar-refractivity contribution is 0.0370. The Morgan fingerprint density at radius 1 is 1.31 bits per heavy atom. The number of piperidine rings is 1. The molecule has 0 N–H and O–H groups in total. The van der Waals surface area contributed by atoms with Gasteiger partial charge >= 0.3 is 5.97 Å². The molecule has 0 saturated carbocycles. The summed E-state index contributed by atoms with van der Waals surface area (Å²) in [4.78, 5) is 23.9. The number of anilines is 1. The van der Waals surface area contributed by atoms with E-state index in [2.05, 4.69) is 35.2 Å². The Kier molecular flexibility index (Phi) is 7.46. The summed E-state index contributed by atoms with van der Waals surface area (Å²) in [7, 11) is -1.34. The summed E-state index contributed by atoms with van der Waals surface area (Å²) < 4.78 is 28.9. The minimum atomic E-state index is -1.34. The maximum atomic E-state index is 12.7. The number of aryl methyl sites for hydroxylation is 1. The molecule has 0 amide bonds. The van der Waals surface area contributed by atoms with Crippen LogP contribution in [0.2, 0.25) is 0 Å². The number of hydrogen-bond donors (Lipinski definition) is 0. The summed E-state index contributed by atoms with van der Waals surface area (Å²) >= 11 is 3.38. The molecule has 0 bridgehead atoms. The molecule has 2 saturated heterocycles. The van der Waals surface area contributed by atoms with Gasteiger partial charge in [-0.05, 0) is 77.2 Å². The van der Waals surface area contributed by atoms with Crippen LogP contribution in [0.5, 0.6) is 0 Å². The molecule has 0 unspecified atom stereocenters. The summed E-state index contributed by atoms with van der Waals surface area (Å²) in [5.74, 6) is 0.0547. The Hall–Kier alpha value is -1.39. The fraction of sp³-hybridized carbons (Fsp3) is 0.727. The lowest BCUT2D eigenvalue weighted by Gasteiger charge is -2.39. The second-order valence-corrected chi connectivity index (χ2v) is 12.4. The molecule has 32 heavy (non-hydrogen) atoms. The third-order valence-corrected chi connectivity index (χ3v) is 7.95. The van der Waals surface area contributed by atoms with Gasteiger partial charge in [0, 0.05) is 18.5 Å². The van der Waals surface area contributed by atoms with Crippen LogP contribution in [0.3, 0.4) is 0 Å². The van der Waals surface area contributed by atoms with Gasteiger partial charge in [-0.2, -0.15) is 4.40 Å². The highest BCUT2D eigenvalue weighted by molar-refractivity contribution is 9.10. The SMILES string of the molecule is Cc1nc(N2CCC3(CC2)CO[C@@H](C)/C3=N\[S@](=O)C(C)(C)C)c(C(=O)OC(C)C)nc1Br. The first-order chi connectivity index (χ1) is 14.8. The molecule has 8 nitrogen and oxygen atoms in total. The van der Waals surface area contributed by atoms with Crippen molar-refractivity contribution < 1.29 is 18.5 Å². The van der Waals surface area contributed by atoms with Gasteiger partial charge in [0.1, 0.15) is 15.6 Å². The summed E-state index contributed by atoms with van der Waals surface area (Å²) in [6, 6.07) is 0. The largest absolute Gasteiger partial charge is 0.458 e. The summed E-state index contributed by atoms with van der Waals surface area (Å²) in [6.45, 7) is 15.1. The van der Waals surface area contributed by atoms with Gasteiger partial charge in [0.2, 0.25) is 0 Å². The van der Waals surface area contributed by atoms with E-state index < -0.39 is 21.7 Å². The molecular formula is C22H33BrN4O4S. The topological polar surface area (TPSA) is 94.0 Å². The quantitative estimate of drug-likeness (QED) is 0.544. The monoisotopic (exact) mass is 528 g/mol. The van der Waals surface area contributed by atoms with Crippen LogP contribution in [-0.2, 0) is 20.5 Å². The van der Waals surface area contributed by atoms with Crippen molar-refractivity contribution in [2.45, 2.75) is 78.3 Å². The van der Waals surface area contributed by atoms with Crippen molar-refractivity contribution in [2.24, 2.45) is 9.81 Å². The number of halogens is 1. The molecule has 1 aromatic rings. The van der Waals surface area contributed by atoms with Crippen molar-refractivity contribution in [3.05, 3.63) is 16.0 Å². The van der Waals surface area contributed by atoms with Gasteiger partial charge in [0.25, 0.3) is 0 Å². The number of ether oxygens (including phenoxy) is 2. The zero-order chi connectivity index (χ0) is 23.8. The van der Waals surface area contributed by atoms with Crippen LogP contribution >= 0.6 is 15.9 Å². The number of aromatic nitrogens is 2. The van der Waals surface area contributed by atoms with Gasteiger partial charge < -0.3 is 14.4 Å². The maximum absolute atomic E-state index is 12.7. The number of rotatable bonds is 4. The van der Waals surface area contributed by atoms with Crippen LogP contribution in [0.15, 0.2) is 9.00 Å². The highest BCUT2D eigenvalue weighted by atomic mass is 79.9. The standard InChI is InChI=1S/C22H33BrN4O4S/c1-13(2)31-20(28)16-19(24-14(3)18(23)25-16)27-10-8-22(9-11-27)12-30-15(4)17(22)26-32(29)21(5,6)7/h13,15H,8-12H2,1-7H3/b26-17+/t15-,32+/m0/s1. The molecule has 2 aliphatic heterocycles. The van der Waals surface area contributed by atoms with E-state index in [4.69, 9.17) is 9.47 Å². The number of carbonyl (C=O) groups is 1. The van der Waals surface area contributed by atoms with Gasteiger partial charge in [-0.25, -0.2) is 19.0 Å². The van der Waals surface area contributed by atoms with E-state index in [1.165, 1.54) is 0 Å². The van der Waals surface area contributed by atoms with Crippen molar-refractivity contribution in [3.8, 4) is 0 Å². The molecule has 2 atom stereocenters. The Morgan fingerprint density at radius 3 is 2.50 bits per heavy atom. The summed E-state index contributed by atoms with van der Waals surface area (Å²) in [5, 5.41) is 0. The van der Waals surface area contributed by atoms with E-state index in [1.807, 2.05) is 48.5 Å². The summed E-state index contributed by atoms with van der Waals surface area (Å²) in [6.07, 6.45) is 1.14. The lowest BCUT2D eigenvalue weighted by atomic mass is 9.75. The molecule has 1 aromatic heterocycles. The molecule has 1 spiro atoms. The van der Waals surface area contributed by atoms with Crippen molar-refractivity contribution >= 4 is 44.4 Å². The molecule has 2 aliphatic rings. The minimum absolute atomic E-state index is 0.154. The average Bonchev–Trinajstić information content (AvgIpc) is 2.99. The van der Waals surface area contributed by atoms with Crippen molar-refractivity contribution in [1.82, 2.24) is 9.97 Å². The van der Waals surface area contributed by atoms with E-state index in [0.29, 0.717) is 35.8 Å². The molecule has 0 aliphatic carbocycles. The smallest absolute Gasteiger partial charge is 0.361 e. The number of carbonyl (C=O) groups excluding carboxylic acids is 1. The van der Waals surface area contributed by atoms with Gasteiger partial charge in [-0.3, -0.25) is 0 Å². The molecule has 3 rings (SSSR count). The lowest BCUT2D eigenvalue weighted by Crippen LogP contribution is -2.46. The summed E-state index contributed by atoms with van der Waals surface area (Å²) in [5.41, 5.74) is 1.57. The van der Waals surface area contributed by atoms with E-state index >= 15 is 0 Å². The van der Waals surface area contributed by atoms with Crippen LogP contribution in [0.1, 0.15) is 70.6 Å². The average molecular weight is 530 g/mol. The zero-order valence-electron chi connectivity index (χ0n) is 19.9. The second kappa shape index (κ2) is 9.46. The normalized spacial score (nSPS) is 23.2. The van der Waals surface area contributed by atoms with Gasteiger partial charge in [0.15, 0.2) is 11.5 Å². The van der Waals surface area contributed by atoms with Gasteiger partial charge in [-0.15, -0.1) is 0 Å². The first kappa shape index (κ1) is 25.2. The molecule has 178 valence electrons. The first-order valence-electron chi connectivity index (χ1n) is 11.0. The zero-order valence-corrected chi connectivity index (χ0v) is 22.3. The Labute approximate surface area is 201 Å². The van der Waals surface area contributed by atoms with E-state index in [0.717, 1.165) is 18.6 Å². The molecular weight excluding hydrogens is 496 g/mol. The Morgan fingerprint density at radius 2 is 1.94 bits per heavy atom. The molecule has 0 aromatic carbocycles. The van der Waals surface area contributed by atoms with Crippen LogP contribution in [0.4, 0.5) is 5.82 Å². The molecule has 3 heterocycles. The van der Waals surface area contributed by atoms with Crippen LogP contribution in [0, 0.1) is 12.3 Å². The van der Waals surface area contributed by atoms with Gasteiger partial charge in [0.05, 0.1) is 35.0 Å². The van der Waals surface area contributed by atoms with E-state index in [9.17, 15) is 9.00 Å². The fourth-order valence-electron chi connectivity index (χ4n) is 3.93. The Balaban J connectivity index is 1.87. The maximum Gasteiger partial charge on any atom is 0.361 e. The molecule has 2 fully saturated rings. The first-order valence-corrected chi connectivity index (χ1v) is 12.9. The van der Waals surface area contributed by atoms with Crippen molar-refractivity contribution in [3.63, 3.8) is 0 Å². The highest BCUT2D eigenvalue weighted by Gasteiger charge is 2.48. The number of nitrogens with zero attached hydrogens (tertiary/aromatic N) is 4. The minimum Gasteiger partial charge on any atom is -0.458 e.